The van der Waals surface area contributed by atoms with E-state index in [2.05, 4.69) is 155 Å². The van der Waals surface area contributed by atoms with Gasteiger partial charge in [0.05, 0.1) is 27.9 Å². The van der Waals surface area contributed by atoms with Gasteiger partial charge in [0.25, 0.3) is 0 Å². The molecule has 0 saturated carbocycles. The fourth-order valence-corrected chi connectivity index (χ4v) is 7.46. The molecule has 4 heteroatoms. The summed E-state index contributed by atoms with van der Waals surface area (Å²) in [7, 11) is 0. The van der Waals surface area contributed by atoms with E-state index in [1.54, 1.807) is 0 Å². The lowest BCUT2D eigenvalue weighted by Gasteiger charge is -2.12. The standard InChI is InChI=1S/C46H30N4/c1-3-15-32(16-4-1)39-30-40(48-45(47-39)34-17-5-2-6-18-34)33-26-28-35(29-27-33)49-42-24-11-12-25-43(42)50-41-23-10-9-21-38(41)44(46(49)50)37-22-13-19-31-14-7-8-20-36(31)37/h1-30H. The number of rotatable bonds is 5. The Balaban J connectivity index is 1.20. The van der Waals surface area contributed by atoms with Crippen LogP contribution in [0.1, 0.15) is 0 Å². The number of hydrogen-bond acceptors (Lipinski definition) is 2. The fourth-order valence-electron chi connectivity index (χ4n) is 7.46. The van der Waals surface area contributed by atoms with Gasteiger partial charge in [-0.2, -0.15) is 0 Å². The first kappa shape index (κ1) is 28.3. The van der Waals surface area contributed by atoms with Crippen LogP contribution in [-0.4, -0.2) is 18.9 Å². The quantitative estimate of drug-likeness (QED) is 0.188. The summed E-state index contributed by atoms with van der Waals surface area (Å²) in [5, 5.41) is 3.71. The summed E-state index contributed by atoms with van der Waals surface area (Å²) in [5.74, 6) is 0.712. The van der Waals surface area contributed by atoms with E-state index >= 15 is 0 Å². The molecule has 0 saturated heterocycles. The van der Waals surface area contributed by atoms with Crippen LogP contribution in [0, 0.1) is 0 Å². The number of hydrogen-bond donors (Lipinski definition) is 0. The Morgan fingerprint density at radius 1 is 0.400 bits per heavy atom. The largest absolute Gasteiger partial charge is 0.293 e. The lowest BCUT2D eigenvalue weighted by molar-refractivity contribution is 1.15. The molecule has 4 nitrogen and oxygen atoms in total. The minimum absolute atomic E-state index is 0.712. The third-order valence-electron chi connectivity index (χ3n) is 9.73. The monoisotopic (exact) mass is 638 g/mol. The lowest BCUT2D eigenvalue weighted by Crippen LogP contribution is -1.97. The minimum Gasteiger partial charge on any atom is -0.293 e. The Hall–Kier alpha value is -6.78. The summed E-state index contributed by atoms with van der Waals surface area (Å²) in [5.41, 5.74) is 13.1. The van der Waals surface area contributed by atoms with Gasteiger partial charge in [0.1, 0.15) is 5.65 Å². The first-order chi connectivity index (χ1) is 24.8. The van der Waals surface area contributed by atoms with E-state index in [9.17, 15) is 0 Å². The van der Waals surface area contributed by atoms with E-state index in [-0.39, 0.29) is 0 Å². The molecular formula is C46H30N4. The summed E-state index contributed by atoms with van der Waals surface area (Å²) < 4.78 is 4.85. The number of imidazole rings is 1. The highest BCUT2D eigenvalue weighted by Gasteiger charge is 2.23. The van der Waals surface area contributed by atoms with Crippen molar-refractivity contribution in [2.45, 2.75) is 0 Å². The molecule has 0 amide bonds. The molecule has 0 aliphatic heterocycles. The summed E-state index contributed by atoms with van der Waals surface area (Å²) in [6, 6.07) is 64.2. The predicted molar refractivity (Wildman–Crippen MR) is 207 cm³/mol. The first-order valence-corrected chi connectivity index (χ1v) is 16.9. The van der Waals surface area contributed by atoms with Crippen molar-refractivity contribution in [2.75, 3.05) is 0 Å². The average molecular weight is 639 g/mol. The third-order valence-corrected chi connectivity index (χ3v) is 9.73. The van der Waals surface area contributed by atoms with Crippen LogP contribution in [-0.2, 0) is 0 Å². The van der Waals surface area contributed by atoms with Gasteiger partial charge >= 0.3 is 0 Å². The summed E-state index contributed by atoms with van der Waals surface area (Å²) in [4.78, 5) is 10.1. The van der Waals surface area contributed by atoms with Crippen LogP contribution >= 0.6 is 0 Å². The highest BCUT2D eigenvalue weighted by Crippen LogP contribution is 2.43. The molecule has 0 aliphatic rings. The number of nitrogens with zero attached hydrogens (tertiary/aromatic N) is 4. The van der Waals surface area contributed by atoms with E-state index in [4.69, 9.17) is 9.97 Å². The maximum atomic E-state index is 5.08. The van der Waals surface area contributed by atoms with Crippen molar-refractivity contribution >= 4 is 38.4 Å². The molecule has 50 heavy (non-hydrogen) atoms. The minimum atomic E-state index is 0.712. The number of benzene rings is 7. The molecule has 0 radical (unpaired) electrons. The molecule has 0 N–H and O–H groups in total. The average Bonchev–Trinajstić information content (AvgIpc) is 3.71. The molecule has 0 aliphatic carbocycles. The number of para-hydroxylation sites is 3. The van der Waals surface area contributed by atoms with Gasteiger partial charge in [-0.05, 0) is 52.7 Å². The molecule has 0 fully saturated rings. The van der Waals surface area contributed by atoms with Gasteiger partial charge in [-0.3, -0.25) is 8.97 Å². The molecule has 0 unspecified atom stereocenters. The zero-order chi connectivity index (χ0) is 33.0. The smallest absolute Gasteiger partial charge is 0.160 e. The molecule has 3 aromatic heterocycles. The first-order valence-electron chi connectivity index (χ1n) is 16.9. The van der Waals surface area contributed by atoms with Crippen LogP contribution in [0.4, 0.5) is 0 Å². The van der Waals surface area contributed by atoms with Crippen LogP contribution < -0.4 is 0 Å². The van der Waals surface area contributed by atoms with Crippen LogP contribution in [0.15, 0.2) is 182 Å². The highest BCUT2D eigenvalue weighted by molar-refractivity contribution is 6.14. The molecule has 10 aromatic rings. The van der Waals surface area contributed by atoms with E-state index in [0.717, 1.165) is 44.9 Å². The Kier molecular flexibility index (Phi) is 6.46. The molecular weight excluding hydrogens is 609 g/mol. The summed E-state index contributed by atoms with van der Waals surface area (Å²) >= 11 is 0. The molecule has 0 spiro atoms. The zero-order valence-electron chi connectivity index (χ0n) is 27.1. The SMILES string of the molecule is c1ccc(-c2cc(-c3ccc(-n4c5ccccc5n5c6ccccc6c(-c6cccc7ccccc67)c45)cc3)nc(-c3ccccc3)n2)cc1. The van der Waals surface area contributed by atoms with Crippen LogP contribution in [0.2, 0.25) is 0 Å². The van der Waals surface area contributed by atoms with Crippen LogP contribution in [0.25, 0.3) is 89.1 Å². The predicted octanol–water partition coefficient (Wildman–Crippen LogP) is 11.6. The summed E-state index contributed by atoms with van der Waals surface area (Å²) in [6.07, 6.45) is 0. The van der Waals surface area contributed by atoms with Gasteiger partial charge in [0.15, 0.2) is 5.82 Å². The molecule has 10 rings (SSSR count). The maximum absolute atomic E-state index is 5.08. The van der Waals surface area contributed by atoms with Gasteiger partial charge in [-0.25, -0.2) is 9.97 Å². The normalized spacial score (nSPS) is 11.6. The van der Waals surface area contributed by atoms with Crippen molar-refractivity contribution in [2.24, 2.45) is 0 Å². The topological polar surface area (TPSA) is 35.1 Å². The number of fused-ring (bicyclic) bond motifs is 6. The van der Waals surface area contributed by atoms with E-state index < -0.39 is 0 Å². The van der Waals surface area contributed by atoms with Crippen LogP contribution in [0.5, 0.6) is 0 Å². The third kappa shape index (κ3) is 4.46. The van der Waals surface area contributed by atoms with Crippen molar-refractivity contribution < 1.29 is 0 Å². The molecule has 234 valence electrons. The van der Waals surface area contributed by atoms with Gasteiger partial charge in [-0.1, -0.05) is 146 Å². The lowest BCUT2D eigenvalue weighted by atomic mass is 9.97. The molecule has 0 bridgehead atoms. The van der Waals surface area contributed by atoms with Gasteiger partial charge in [0, 0.05) is 33.3 Å². The Morgan fingerprint density at radius 3 is 1.70 bits per heavy atom. The fraction of sp³-hybridized carbons (Fsp3) is 0. The molecule has 0 atom stereocenters. The van der Waals surface area contributed by atoms with E-state index in [1.165, 1.54) is 38.3 Å². The highest BCUT2D eigenvalue weighted by atomic mass is 15.1. The Labute approximate surface area is 289 Å². The number of aromatic nitrogens is 4. The van der Waals surface area contributed by atoms with Gasteiger partial charge in [-0.15, -0.1) is 0 Å². The van der Waals surface area contributed by atoms with Crippen molar-refractivity contribution in [1.29, 1.82) is 0 Å². The van der Waals surface area contributed by atoms with Crippen LogP contribution in [0.3, 0.4) is 0 Å². The second kappa shape index (κ2) is 11.4. The zero-order valence-corrected chi connectivity index (χ0v) is 27.1. The summed E-state index contributed by atoms with van der Waals surface area (Å²) in [6.45, 7) is 0. The second-order valence-corrected chi connectivity index (χ2v) is 12.6. The maximum Gasteiger partial charge on any atom is 0.160 e. The second-order valence-electron chi connectivity index (χ2n) is 12.6. The molecule has 3 heterocycles. The Bertz CT molecular complexity index is 2780. The van der Waals surface area contributed by atoms with Crippen molar-refractivity contribution in [3.63, 3.8) is 0 Å². The van der Waals surface area contributed by atoms with E-state index in [0.29, 0.717) is 5.82 Å². The van der Waals surface area contributed by atoms with E-state index in [1.807, 2.05) is 36.4 Å². The van der Waals surface area contributed by atoms with Crippen molar-refractivity contribution in [3.05, 3.63) is 182 Å². The van der Waals surface area contributed by atoms with Gasteiger partial charge in [0.2, 0.25) is 0 Å². The Morgan fingerprint density at radius 2 is 0.960 bits per heavy atom. The van der Waals surface area contributed by atoms with Gasteiger partial charge < -0.3 is 0 Å². The molecule has 7 aromatic carbocycles. The van der Waals surface area contributed by atoms with Crippen molar-refractivity contribution in [1.82, 2.24) is 18.9 Å². The van der Waals surface area contributed by atoms with Crippen molar-refractivity contribution in [3.8, 4) is 50.7 Å².